The Kier molecular flexibility index (Phi) is 6.45. The molecule has 156 valence electrons. The van der Waals surface area contributed by atoms with Gasteiger partial charge < -0.3 is 14.5 Å². The molecule has 0 aliphatic carbocycles. The number of anilines is 2. The van der Waals surface area contributed by atoms with Gasteiger partial charge in [0.25, 0.3) is 5.56 Å². The van der Waals surface area contributed by atoms with Crippen LogP contribution in [0.5, 0.6) is 5.75 Å². The van der Waals surface area contributed by atoms with E-state index >= 15 is 0 Å². The van der Waals surface area contributed by atoms with Crippen molar-refractivity contribution in [1.82, 2.24) is 9.78 Å². The molecule has 0 radical (unpaired) electrons. The maximum atomic E-state index is 12.7. The van der Waals surface area contributed by atoms with Gasteiger partial charge in [0.15, 0.2) is 0 Å². The number of halogens is 2. The van der Waals surface area contributed by atoms with E-state index in [1.165, 1.54) is 10.4 Å². The number of ether oxygens (including phenoxy) is 1. The van der Waals surface area contributed by atoms with Crippen LogP contribution in [0.25, 0.3) is 0 Å². The second-order valence-electron chi connectivity index (χ2n) is 6.98. The lowest BCUT2D eigenvalue weighted by Gasteiger charge is -2.37. The van der Waals surface area contributed by atoms with Crippen LogP contribution in [0.15, 0.2) is 65.6 Å². The number of rotatable bonds is 6. The zero-order valence-corrected chi connectivity index (χ0v) is 17.9. The first kappa shape index (κ1) is 20.6. The molecular weight excluding hydrogens is 423 g/mol. The van der Waals surface area contributed by atoms with Crippen molar-refractivity contribution in [1.29, 1.82) is 0 Å². The van der Waals surface area contributed by atoms with Crippen molar-refractivity contribution in [3.8, 4) is 5.75 Å². The second-order valence-corrected chi connectivity index (χ2v) is 7.80. The lowest BCUT2D eigenvalue weighted by Crippen LogP contribution is -2.47. The third-order valence-electron chi connectivity index (χ3n) is 5.09. The van der Waals surface area contributed by atoms with E-state index in [9.17, 15) is 4.79 Å². The summed E-state index contributed by atoms with van der Waals surface area (Å²) in [6.07, 6.45) is 1.67. The van der Waals surface area contributed by atoms with Gasteiger partial charge in [-0.05, 0) is 36.4 Å². The smallest absolute Gasteiger partial charge is 0.287 e. The van der Waals surface area contributed by atoms with Gasteiger partial charge in [-0.15, -0.1) is 0 Å². The second kappa shape index (κ2) is 9.41. The highest BCUT2D eigenvalue weighted by atomic mass is 35.5. The van der Waals surface area contributed by atoms with Crippen molar-refractivity contribution in [2.75, 3.05) is 42.6 Å². The molecule has 1 aliphatic heterocycles. The number of piperazine rings is 1. The van der Waals surface area contributed by atoms with Gasteiger partial charge in [-0.3, -0.25) is 4.79 Å². The van der Waals surface area contributed by atoms with E-state index in [1.807, 2.05) is 18.2 Å². The van der Waals surface area contributed by atoms with Crippen molar-refractivity contribution in [2.24, 2.45) is 0 Å². The van der Waals surface area contributed by atoms with E-state index in [4.69, 9.17) is 27.9 Å². The van der Waals surface area contributed by atoms with Crippen LogP contribution in [0.1, 0.15) is 0 Å². The third kappa shape index (κ3) is 4.71. The summed E-state index contributed by atoms with van der Waals surface area (Å²) in [5.74, 6) is 0.687. The summed E-state index contributed by atoms with van der Waals surface area (Å²) in [7, 11) is 0. The minimum atomic E-state index is -0.306. The Labute approximate surface area is 185 Å². The predicted molar refractivity (Wildman–Crippen MR) is 121 cm³/mol. The van der Waals surface area contributed by atoms with Gasteiger partial charge in [-0.2, -0.15) is 5.10 Å². The van der Waals surface area contributed by atoms with E-state index < -0.39 is 0 Å². The normalized spacial score (nSPS) is 14.1. The summed E-state index contributed by atoms with van der Waals surface area (Å²) in [6.45, 7) is 3.89. The van der Waals surface area contributed by atoms with Crippen molar-refractivity contribution in [3.05, 3.63) is 81.2 Å². The molecule has 0 unspecified atom stereocenters. The summed E-state index contributed by atoms with van der Waals surface area (Å²) in [5, 5.41) is 5.14. The van der Waals surface area contributed by atoms with E-state index in [0.717, 1.165) is 26.2 Å². The average molecular weight is 445 g/mol. The van der Waals surface area contributed by atoms with E-state index in [2.05, 4.69) is 27.0 Å². The van der Waals surface area contributed by atoms with Crippen LogP contribution < -0.4 is 20.1 Å². The van der Waals surface area contributed by atoms with Crippen LogP contribution >= 0.6 is 23.2 Å². The number of aromatic nitrogens is 2. The standard InChI is InChI=1S/C22H22Cl2N4O2/c23-17-6-8-19(9-7-17)30-15-14-28-22(29)21(24)20(16-25-28)27-12-10-26(11-13-27)18-4-2-1-3-5-18/h1-9,16H,10-15H2. The summed E-state index contributed by atoms with van der Waals surface area (Å²) in [5.41, 5.74) is 1.58. The lowest BCUT2D eigenvalue weighted by molar-refractivity contribution is 0.288. The van der Waals surface area contributed by atoms with Crippen molar-refractivity contribution < 1.29 is 4.74 Å². The molecule has 1 aliphatic rings. The molecule has 0 amide bonds. The molecule has 0 bridgehead atoms. The fraction of sp³-hybridized carbons (Fsp3) is 0.273. The monoisotopic (exact) mass is 444 g/mol. The molecule has 30 heavy (non-hydrogen) atoms. The Morgan fingerprint density at radius 1 is 0.900 bits per heavy atom. The van der Waals surface area contributed by atoms with E-state index in [-0.39, 0.29) is 10.6 Å². The Morgan fingerprint density at radius 3 is 2.27 bits per heavy atom. The Hall–Kier alpha value is -2.70. The number of benzene rings is 2. The molecular formula is C22H22Cl2N4O2. The topological polar surface area (TPSA) is 50.6 Å². The Morgan fingerprint density at radius 2 is 1.57 bits per heavy atom. The van der Waals surface area contributed by atoms with Crippen LogP contribution in [0, 0.1) is 0 Å². The summed E-state index contributed by atoms with van der Waals surface area (Å²) < 4.78 is 6.98. The van der Waals surface area contributed by atoms with Crippen molar-refractivity contribution in [2.45, 2.75) is 6.54 Å². The van der Waals surface area contributed by atoms with Gasteiger partial charge >= 0.3 is 0 Å². The molecule has 0 N–H and O–H groups in total. The van der Waals surface area contributed by atoms with E-state index in [1.54, 1.807) is 30.5 Å². The summed E-state index contributed by atoms with van der Waals surface area (Å²) in [6, 6.07) is 17.4. The molecule has 2 heterocycles. The number of para-hydroxylation sites is 1. The molecule has 8 heteroatoms. The van der Waals surface area contributed by atoms with E-state index in [0.29, 0.717) is 29.6 Å². The van der Waals surface area contributed by atoms with Gasteiger partial charge in [0.05, 0.1) is 18.4 Å². The molecule has 0 spiro atoms. The van der Waals surface area contributed by atoms with Crippen LogP contribution in [-0.4, -0.2) is 42.6 Å². The lowest BCUT2D eigenvalue weighted by atomic mass is 10.2. The van der Waals surface area contributed by atoms with Crippen molar-refractivity contribution in [3.63, 3.8) is 0 Å². The Balaban J connectivity index is 1.37. The molecule has 0 atom stereocenters. The third-order valence-corrected chi connectivity index (χ3v) is 5.70. The van der Waals surface area contributed by atoms with Crippen molar-refractivity contribution >= 4 is 34.6 Å². The molecule has 1 fully saturated rings. The maximum Gasteiger partial charge on any atom is 0.287 e. The van der Waals surface area contributed by atoms with Crippen LogP contribution in [-0.2, 0) is 6.54 Å². The molecule has 1 saturated heterocycles. The fourth-order valence-corrected chi connectivity index (χ4v) is 3.85. The summed E-state index contributed by atoms with van der Waals surface area (Å²) >= 11 is 12.3. The van der Waals surface area contributed by atoms with Gasteiger partial charge in [-0.25, -0.2) is 4.68 Å². The first-order valence-corrected chi connectivity index (χ1v) is 10.6. The van der Waals surface area contributed by atoms with Gasteiger partial charge in [0, 0.05) is 36.9 Å². The highest BCUT2D eigenvalue weighted by Crippen LogP contribution is 2.24. The first-order valence-electron chi connectivity index (χ1n) is 9.81. The minimum Gasteiger partial charge on any atom is -0.492 e. The average Bonchev–Trinajstić information content (AvgIpc) is 2.79. The van der Waals surface area contributed by atoms with Gasteiger partial charge in [-0.1, -0.05) is 41.4 Å². The SMILES string of the molecule is O=c1c(Cl)c(N2CCN(c3ccccc3)CC2)cnn1CCOc1ccc(Cl)cc1. The zero-order valence-electron chi connectivity index (χ0n) is 16.4. The van der Waals surface area contributed by atoms with Gasteiger partial charge in [0.1, 0.15) is 17.4 Å². The number of nitrogens with zero attached hydrogens (tertiary/aromatic N) is 4. The van der Waals surface area contributed by atoms with Crippen LogP contribution in [0.4, 0.5) is 11.4 Å². The Bertz CT molecular complexity index is 1030. The highest BCUT2D eigenvalue weighted by Gasteiger charge is 2.21. The quantitative estimate of drug-likeness (QED) is 0.575. The predicted octanol–water partition coefficient (Wildman–Crippen LogP) is 3.96. The molecule has 4 rings (SSSR count). The molecule has 2 aromatic carbocycles. The fourth-order valence-electron chi connectivity index (χ4n) is 3.46. The number of hydrogen-bond donors (Lipinski definition) is 0. The molecule has 3 aromatic rings. The first-order chi connectivity index (χ1) is 14.6. The van der Waals surface area contributed by atoms with Crippen LogP contribution in [0.3, 0.4) is 0 Å². The largest absolute Gasteiger partial charge is 0.492 e. The highest BCUT2D eigenvalue weighted by molar-refractivity contribution is 6.33. The molecule has 0 saturated carbocycles. The van der Waals surface area contributed by atoms with Crippen LogP contribution in [0.2, 0.25) is 10.0 Å². The minimum absolute atomic E-state index is 0.199. The zero-order chi connectivity index (χ0) is 20.9. The number of hydrogen-bond acceptors (Lipinski definition) is 5. The maximum absolute atomic E-state index is 12.7. The summed E-state index contributed by atoms with van der Waals surface area (Å²) in [4.78, 5) is 17.1. The molecule has 6 nitrogen and oxygen atoms in total. The van der Waals surface area contributed by atoms with Gasteiger partial charge in [0.2, 0.25) is 0 Å². The molecule has 1 aromatic heterocycles.